The molecule has 3 N–H and O–H groups in total. The zero-order chi connectivity index (χ0) is 29.9. The largest absolute Gasteiger partial charge is 0.481 e. The zero-order valence-electron chi connectivity index (χ0n) is 23.5. The molecule has 0 aromatic rings. The van der Waals surface area contributed by atoms with Crippen LogP contribution in [0.25, 0.3) is 0 Å². The molecule has 4 aliphatic rings. The second kappa shape index (κ2) is 12.2. The Morgan fingerprint density at radius 1 is 1.07 bits per heavy atom. The number of esters is 3. The third-order valence-electron chi connectivity index (χ3n) is 8.84. The Balaban J connectivity index is 1.80. The van der Waals surface area contributed by atoms with E-state index in [9.17, 15) is 39.3 Å². The summed E-state index contributed by atoms with van der Waals surface area (Å²) in [6, 6.07) is 0. The Morgan fingerprint density at radius 3 is 2.46 bits per heavy atom. The van der Waals surface area contributed by atoms with Gasteiger partial charge in [0.1, 0.15) is 11.5 Å². The van der Waals surface area contributed by atoms with Crippen molar-refractivity contribution in [3.05, 3.63) is 47.1 Å². The molecule has 0 radical (unpaired) electrons. The van der Waals surface area contributed by atoms with Crippen LogP contribution in [0.4, 0.5) is 0 Å². The molecule has 2 heterocycles. The fraction of sp³-hybridized carbons (Fsp3) is 0.581. The fourth-order valence-corrected chi connectivity index (χ4v) is 6.96. The highest BCUT2D eigenvalue weighted by Crippen LogP contribution is 2.64. The van der Waals surface area contributed by atoms with E-state index in [1.165, 1.54) is 0 Å². The van der Waals surface area contributed by atoms with Crippen molar-refractivity contribution in [2.24, 2.45) is 23.2 Å². The molecule has 1 saturated heterocycles. The van der Waals surface area contributed by atoms with Gasteiger partial charge in [0.2, 0.25) is 5.79 Å². The van der Waals surface area contributed by atoms with Crippen molar-refractivity contribution in [2.75, 3.05) is 0 Å². The second-order valence-corrected chi connectivity index (χ2v) is 11.4. The number of aliphatic carboxylic acids is 1. The van der Waals surface area contributed by atoms with Crippen molar-refractivity contribution >= 4 is 29.7 Å². The number of aliphatic hydroxyl groups is 2. The van der Waals surface area contributed by atoms with Crippen LogP contribution in [0.5, 0.6) is 0 Å². The highest BCUT2D eigenvalue weighted by atomic mass is 16.7. The number of carbonyl (C=O) groups excluding carboxylic acids is 4. The minimum Gasteiger partial charge on any atom is -0.481 e. The van der Waals surface area contributed by atoms with E-state index < -0.39 is 77.6 Å². The normalized spacial score (nSPS) is 31.3. The summed E-state index contributed by atoms with van der Waals surface area (Å²) in [5, 5.41) is 32.8. The van der Waals surface area contributed by atoms with E-state index in [1.54, 1.807) is 12.2 Å². The molecule has 1 fully saturated rings. The van der Waals surface area contributed by atoms with Crippen LogP contribution in [0, 0.1) is 23.2 Å². The first kappa shape index (κ1) is 30.6. The first-order valence-electron chi connectivity index (χ1n) is 14.3. The van der Waals surface area contributed by atoms with Gasteiger partial charge in [0.15, 0.2) is 5.78 Å². The summed E-state index contributed by atoms with van der Waals surface area (Å²) < 4.78 is 10.4. The molecule has 4 rings (SSSR count). The van der Waals surface area contributed by atoms with Gasteiger partial charge in [-0.2, -0.15) is 0 Å². The van der Waals surface area contributed by atoms with Gasteiger partial charge in [-0.15, -0.1) is 0 Å². The monoisotopic (exact) mass is 570 g/mol. The number of hydrogen-bond donors (Lipinski definition) is 3. The number of cyclic esters (lactones) is 2. The molecular weight excluding hydrogens is 532 g/mol. The number of allylic oxidation sites excluding steroid dienone is 5. The van der Waals surface area contributed by atoms with Crippen molar-refractivity contribution in [3.63, 3.8) is 0 Å². The van der Waals surface area contributed by atoms with E-state index in [0.717, 1.165) is 25.7 Å². The fourth-order valence-electron chi connectivity index (χ4n) is 6.96. The van der Waals surface area contributed by atoms with Crippen LogP contribution in [-0.4, -0.2) is 56.9 Å². The molecular formula is C31H38O10. The zero-order valence-corrected chi connectivity index (χ0v) is 23.5. The summed E-state index contributed by atoms with van der Waals surface area (Å²) in [4.78, 5) is 64.1. The average molecular weight is 571 g/mol. The molecule has 6 atom stereocenters. The molecule has 222 valence electrons. The summed E-state index contributed by atoms with van der Waals surface area (Å²) in [5.41, 5.74) is -2.19. The van der Waals surface area contributed by atoms with Crippen molar-refractivity contribution in [1.82, 2.24) is 0 Å². The second-order valence-electron chi connectivity index (χ2n) is 11.4. The summed E-state index contributed by atoms with van der Waals surface area (Å²) >= 11 is 0. The third-order valence-corrected chi connectivity index (χ3v) is 8.84. The van der Waals surface area contributed by atoms with E-state index in [-0.39, 0.29) is 29.6 Å². The number of rotatable bonds is 14. The number of fused-ring (bicyclic) bond motifs is 1. The SMILES string of the molecule is C/C=C/CCCCC[C@H]1C=C2C3(O)OC(=O)[C@]2(CC(=O)O)CC2=C(C(=O)OC2=O)[C@H]3[C@@H]1C[C@H](O)C(=O)CC/C=C/C. The van der Waals surface area contributed by atoms with Crippen LogP contribution < -0.4 is 0 Å². The Hall–Kier alpha value is -3.37. The van der Waals surface area contributed by atoms with Gasteiger partial charge in [-0.3, -0.25) is 14.4 Å². The van der Waals surface area contributed by atoms with Crippen molar-refractivity contribution in [3.8, 4) is 0 Å². The van der Waals surface area contributed by atoms with Crippen molar-refractivity contribution < 1.29 is 48.8 Å². The Labute approximate surface area is 238 Å². The number of Topliss-reactive ketones (excluding diaryl/α,β-unsaturated/α-hetero) is 1. The van der Waals surface area contributed by atoms with Gasteiger partial charge >= 0.3 is 23.9 Å². The minimum absolute atomic E-state index is 0.0291. The van der Waals surface area contributed by atoms with Gasteiger partial charge in [-0.1, -0.05) is 43.2 Å². The molecule has 2 aliphatic carbocycles. The standard InChI is InChI=1S/C31H38O10/c1-3-5-7-8-9-11-12-18-14-23-30(17-24(34)35)16-20-25(28(37)40-27(20)36)26(31(23,39)41-29(30)38)19(18)15-22(33)21(32)13-10-6-4-2/h3-6,14,18-19,22,26,33,39H,7-13,15-17H2,1-2H3,(H,34,35)/b5-3+,6-4+/t18-,19+,22-,26+,30-,31?/m0/s1. The van der Waals surface area contributed by atoms with Gasteiger partial charge in [0.05, 0.1) is 23.5 Å². The number of ketones is 1. The maximum atomic E-state index is 13.4. The lowest BCUT2D eigenvalue weighted by atomic mass is 9.61. The first-order chi connectivity index (χ1) is 19.5. The van der Waals surface area contributed by atoms with Gasteiger partial charge in [-0.05, 0) is 57.8 Å². The lowest BCUT2D eigenvalue weighted by Gasteiger charge is -2.45. The lowest BCUT2D eigenvalue weighted by molar-refractivity contribution is -0.206. The molecule has 10 heteroatoms. The van der Waals surface area contributed by atoms with Gasteiger partial charge in [0, 0.05) is 18.4 Å². The number of carboxylic acids is 1. The highest BCUT2D eigenvalue weighted by Gasteiger charge is 2.72. The summed E-state index contributed by atoms with van der Waals surface area (Å²) in [6.07, 6.45) is 11.0. The van der Waals surface area contributed by atoms with E-state index in [2.05, 4.69) is 6.08 Å². The summed E-state index contributed by atoms with van der Waals surface area (Å²) in [6.45, 7) is 3.77. The van der Waals surface area contributed by atoms with Crippen LogP contribution in [0.2, 0.25) is 0 Å². The maximum absolute atomic E-state index is 13.4. The van der Waals surface area contributed by atoms with Gasteiger partial charge < -0.3 is 24.8 Å². The molecule has 2 aliphatic heterocycles. The first-order valence-corrected chi connectivity index (χ1v) is 14.3. The topological polar surface area (TPSA) is 164 Å². The minimum atomic E-state index is -2.42. The average Bonchev–Trinajstić information content (AvgIpc) is 3.26. The molecule has 10 nitrogen and oxygen atoms in total. The van der Waals surface area contributed by atoms with Crippen LogP contribution in [-0.2, 0) is 33.4 Å². The molecule has 1 unspecified atom stereocenters. The number of carbonyl (C=O) groups is 5. The molecule has 4 bridgehead atoms. The molecule has 0 spiro atoms. The van der Waals surface area contributed by atoms with Crippen LogP contribution in [0.3, 0.4) is 0 Å². The van der Waals surface area contributed by atoms with E-state index in [1.807, 2.05) is 26.0 Å². The molecule has 0 aromatic heterocycles. The summed E-state index contributed by atoms with van der Waals surface area (Å²) in [5.74, 6) is -9.70. The van der Waals surface area contributed by atoms with Crippen molar-refractivity contribution in [2.45, 2.75) is 89.9 Å². The molecule has 41 heavy (non-hydrogen) atoms. The number of aliphatic hydroxyl groups excluding tert-OH is 1. The Kier molecular flexibility index (Phi) is 9.13. The van der Waals surface area contributed by atoms with E-state index >= 15 is 0 Å². The molecule has 0 amide bonds. The predicted molar refractivity (Wildman–Crippen MR) is 145 cm³/mol. The van der Waals surface area contributed by atoms with Crippen LogP contribution in [0.15, 0.2) is 47.1 Å². The van der Waals surface area contributed by atoms with Gasteiger partial charge in [0.25, 0.3) is 0 Å². The Morgan fingerprint density at radius 2 is 1.78 bits per heavy atom. The number of ether oxygens (including phenoxy) is 2. The van der Waals surface area contributed by atoms with Crippen LogP contribution in [0.1, 0.15) is 78.1 Å². The van der Waals surface area contributed by atoms with E-state index in [0.29, 0.717) is 12.8 Å². The smallest absolute Gasteiger partial charge is 0.343 e. The van der Waals surface area contributed by atoms with Crippen LogP contribution >= 0.6 is 0 Å². The molecule has 0 aromatic carbocycles. The number of carboxylic acid groups (broad SMARTS) is 1. The Bertz CT molecular complexity index is 1240. The third kappa shape index (κ3) is 5.59. The summed E-state index contributed by atoms with van der Waals surface area (Å²) in [7, 11) is 0. The molecule has 0 saturated carbocycles. The van der Waals surface area contributed by atoms with Gasteiger partial charge in [-0.25, -0.2) is 9.59 Å². The lowest BCUT2D eigenvalue weighted by Crippen LogP contribution is -2.51. The van der Waals surface area contributed by atoms with Crippen molar-refractivity contribution in [1.29, 1.82) is 0 Å². The quantitative estimate of drug-likeness (QED) is 0.122. The highest BCUT2D eigenvalue weighted by molar-refractivity contribution is 6.14. The number of unbranched alkanes of at least 4 members (excludes halogenated alkanes) is 3. The number of hydrogen-bond acceptors (Lipinski definition) is 9. The predicted octanol–water partition coefficient (Wildman–Crippen LogP) is 3.47. The maximum Gasteiger partial charge on any atom is 0.343 e. The van der Waals surface area contributed by atoms with E-state index in [4.69, 9.17) is 9.47 Å².